The minimum atomic E-state index is -3.53. The molecule has 3 N–H and O–H groups in total. The molecule has 0 heterocycles. The van der Waals surface area contributed by atoms with Crippen LogP contribution in [0.1, 0.15) is 21.5 Å². The number of rotatable bonds is 6. The largest absolute Gasteiger partial charge is 0.378 e. The molecule has 0 aliphatic heterocycles. The minimum absolute atomic E-state index is 0.158. The highest BCUT2D eigenvalue weighted by atomic mass is 32.2. The molecule has 0 saturated heterocycles. The number of amides is 1. The fourth-order valence-corrected chi connectivity index (χ4v) is 2.84. The molecule has 7 heteroatoms. The molecule has 0 aliphatic rings. The molecule has 2 aromatic rings. The van der Waals surface area contributed by atoms with Crippen molar-refractivity contribution < 1.29 is 13.2 Å². The minimum Gasteiger partial charge on any atom is -0.378 e. The Kier molecular flexibility index (Phi) is 5.58. The number of sulfonamides is 1. The maximum atomic E-state index is 12.1. The number of primary sulfonamides is 1. The summed E-state index contributed by atoms with van der Waals surface area (Å²) < 4.78 is 22.1. The first-order chi connectivity index (χ1) is 11.2. The Hall–Kier alpha value is -2.38. The number of nitrogens with one attached hydrogen (secondary N) is 1. The number of anilines is 1. The van der Waals surface area contributed by atoms with Crippen molar-refractivity contribution in [3.63, 3.8) is 0 Å². The van der Waals surface area contributed by atoms with Gasteiger partial charge in [-0.05, 0) is 35.4 Å². The molecule has 1 amide bonds. The molecule has 24 heavy (non-hydrogen) atoms. The average Bonchev–Trinajstić information content (AvgIpc) is 2.52. The Morgan fingerprint density at radius 3 is 2.04 bits per heavy atom. The average molecular weight is 347 g/mol. The predicted octanol–water partition coefficient (Wildman–Crippen LogP) is 1.47. The van der Waals surface area contributed by atoms with Crippen LogP contribution in [0.15, 0.2) is 48.5 Å². The number of nitrogens with two attached hydrogens (primary N) is 1. The van der Waals surface area contributed by atoms with E-state index in [1.165, 1.54) is 0 Å². The summed E-state index contributed by atoms with van der Waals surface area (Å²) in [6, 6.07) is 14.3. The zero-order valence-electron chi connectivity index (χ0n) is 13.7. The highest BCUT2D eigenvalue weighted by Gasteiger charge is 2.07. The van der Waals surface area contributed by atoms with Crippen LogP contribution in [0.2, 0.25) is 0 Å². The lowest BCUT2D eigenvalue weighted by molar-refractivity contribution is 0.0951. The molecule has 0 saturated carbocycles. The number of benzene rings is 2. The fraction of sp³-hybridized carbons (Fsp3) is 0.235. The van der Waals surface area contributed by atoms with Gasteiger partial charge in [0.2, 0.25) is 10.0 Å². The Morgan fingerprint density at radius 2 is 1.54 bits per heavy atom. The van der Waals surface area contributed by atoms with Crippen molar-refractivity contribution in [1.82, 2.24) is 5.32 Å². The summed E-state index contributed by atoms with van der Waals surface area (Å²) in [7, 11) is 0.344. The standard InChI is InChI=1S/C17H21N3O3S/c1-20(2)16-9-7-15(8-10-16)17(21)19-11-13-3-5-14(6-4-13)12-24(18,22)23/h3-10H,11-12H2,1-2H3,(H,19,21)(H2,18,22,23). The van der Waals surface area contributed by atoms with Crippen molar-refractivity contribution in [1.29, 1.82) is 0 Å². The number of hydrogen-bond acceptors (Lipinski definition) is 4. The molecule has 0 unspecified atom stereocenters. The molecule has 0 aromatic heterocycles. The summed E-state index contributed by atoms with van der Waals surface area (Å²) in [6.45, 7) is 0.365. The van der Waals surface area contributed by atoms with Crippen LogP contribution in [0.4, 0.5) is 5.69 Å². The Bertz CT molecular complexity index is 798. The van der Waals surface area contributed by atoms with Crippen LogP contribution in [0.25, 0.3) is 0 Å². The molecule has 6 nitrogen and oxygen atoms in total. The fourth-order valence-electron chi connectivity index (χ4n) is 2.18. The zero-order valence-corrected chi connectivity index (χ0v) is 14.5. The van der Waals surface area contributed by atoms with Crippen LogP contribution in [-0.4, -0.2) is 28.4 Å². The second kappa shape index (κ2) is 7.46. The smallest absolute Gasteiger partial charge is 0.251 e. The van der Waals surface area contributed by atoms with Gasteiger partial charge in [0.25, 0.3) is 5.91 Å². The van der Waals surface area contributed by atoms with Gasteiger partial charge < -0.3 is 10.2 Å². The van der Waals surface area contributed by atoms with E-state index in [1.807, 2.05) is 31.1 Å². The van der Waals surface area contributed by atoms with Crippen molar-refractivity contribution in [2.45, 2.75) is 12.3 Å². The number of nitrogens with zero attached hydrogens (tertiary/aromatic N) is 1. The Morgan fingerprint density at radius 1 is 1.00 bits per heavy atom. The molecular formula is C17H21N3O3S. The van der Waals surface area contributed by atoms with Crippen molar-refractivity contribution in [3.8, 4) is 0 Å². The van der Waals surface area contributed by atoms with Crippen LogP contribution in [0.3, 0.4) is 0 Å². The van der Waals surface area contributed by atoms with Crippen LogP contribution >= 0.6 is 0 Å². The van der Waals surface area contributed by atoms with E-state index < -0.39 is 10.0 Å². The van der Waals surface area contributed by atoms with Gasteiger partial charge in [0.1, 0.15) is 0 Å². The quantitative estimate of drug-likeness (QED) is 0.828. The van der Waals surface area contributed by atoms with E-state index in [1.54, 1.807) is 36.4 Å². The van der Waals surface area contributed by atoms with Crippen molar-refractivity contribution in [2.24, 2.45) is 5.14 Å². The topological polar surface area (TPSA) is 92.5 Å². The third-order valence-electron chi connectivity index (χ3n) is 3.49. The van der Waals surface area contributed by atoms with Gasteiger partial charge in [-0.15, -0.1) is 0 Å². The van der Waals surface area contributed by atoms with E-state index in [0.29, 0.717) is 17.7 Å². The summed E-state index contributed by atoms with van der Waals surface area (Å²) in [6.07, 6.45) is 0. The van der Waals surface area contributed by atoms with Gasteiger partial charge in [0, 0.05) is 31.9 Å². The number of hydrogen-bond donors (Lipinski definition) is 2. The first-order valence-electron chi connectivity index (χ1n) is 7.38. The predicted molar refractivity (Wildman–Crippen MR) is 95.2 cm³/mol. The van der Waals surface area contributed by atoms with Crippen LogP contribution in [0, 0.1) is 0 Å². The molecule has 0 fully saturated rings. The zero-order chi connectivity index (χ0) is 17.7. The summed E-state index contributed by atoms with van der Waals surface area (Å²) in [5.74, 6) is -0.355. The van der Waals surface area contributed by atoms with Gasteiger partial charge in [-0.3, -0.25) is 4.79 Å². The van der Waals surface area contributed by atoms with E-state index >= 15 is 0 Å². The number of carbonyl (C=O) groups excluding carboxylic acids is 1. The lowest BCUT2D eigenvalue weighted by atomic mass is 10.1. The molecule has 2 rings (SSSR count). The molecule has 0 atom stereocenters. The van der Waals surface area contributed by atoms with Crippen LogP contribution in [0.5, 0.6) is 0 Å². The Balaban J connectivity index is 1.94. The Labute approximate surface area is 142 Å². The van der Waals surface area contributed by atoms with E-state index in [4.69, 9.17) is 5.14 Å². The second-order valence-electron chi connectivity index (χ2n) is 5.75. The van der Waals surface area contributed by atoms with Crippen molar-refractivity contribution >= 4 is 21.6 Å². The van der Waals surface area contributed by atoms with E-state index in [9.17, 15) is 13.2 Å². The summed E-state index contributed by atoms with van der Waals surface area (Å²) in [4.78, 5) is 14.1. The molecule has 0 spiro atoms. The summed E-state index contributed by atoms with van der Waals surface area (Å²) in [5, 5.41) is 7.85. The molecule has 0 aliphatic carbocycles. The molecule has 0 bridgehead atoms. The van der Waals surface area contributed by atoms with Gasteiger partial charge in [-0.2, -0.15) is 0 Å². The van der Waals surface area contributed by atoms with Crippen LogP contribution in [-0.2, 0) is 22.3 Å². The van der Waals surface area contributed by atoms with Gasteiger partial charge in [-0.25, -0.2) is 13.6 Å². The first-order valence-corrected chi connectivity index (χ1v) is 9.10. The lowest BCUT2D eigenvalue weighted by Crippen LogP contribution is -2.23. The normalized spacial score (nSPS) is 11.1. The van der Waals surface area contributed by atoms with Gasteiger partial charge in [-0.1, -0.05) is 24.3 Å². The van der Waals surface area contributed by atoms with Crippen LogP contribution < -0.4 is 15.4 Å². The highest BCUT2D eigenvalue weighted by Crippen LogP contribution is 2.12. The van der Waals surface area contributed by atoms with E-state index in [-0.39, 0.29) is 11.7 Å². The third-order valence-corrected chi connectivity index (χ3v) is 4.23. The number of carbonyl (C=O) groups is 1. The summed E-state index contributed by atoms with van der Waals surface area (Å²) in [5.41, 5.74) is 3.11. The molecule has 0 radical (unpaired) electrons. The summed E-state index contributed by atoms with van der Waals surface area (Å²) >= 11 is 0. The molecular weight excluding hydrogens is 326 g/mol. The first kappa shape index (κ1) is 18.0. The maximum absolute atomic E-state index is 12.1. The van der Waals surface area contributed by atoms with Gasteiger partial charge in [0.15, 0.2) is 0 Å². The molecule has 128 valence electrons. The van der Waals surface area contributed by atoms with Gasteiger partial charge in [0.05, 0.1) is 5.75 Å². The molecule has 2 aromatic carbocycles. The lowest BCUT2D eigenvalue weighted by Gasteiger charge is -2.12. The monoisotopic (exact) mass is 347 g/mol. The highest BCUT2D eigenvalue weighted by molar-refractivity contribution is 7.88. The van der Waals surface area contributed by atoms with E-state index in [0.717, 1.165) is 11.3 Å². The maximum Gasteiger partial charge on any atom is 0.251 e. The van der Waals surface area contributed by atoms with E-state index in [2.05, 4.69) is 5.32 Å². The SMILES string of the molecule is CN(C)c1ccc(C(=O)NCc2ccc(CS(N)(=O)=O)cc2)cc1. The van der Waals surface area contributed by atoms with Gasteiger partial charge >= 0.3 is 0 Å². The third kappa shape index (κ3) is 5.36. The van der Waals surface area contributed by atoms with Crippen molar-refractivity contribution in [3.05, 3.63) is 65.2 Å². The second-order valence-corrected chi connectivity index (χ2v) is 7.36. The van der Waals surface area contributed by atoms with Crippen molar-refractivity contribution in [2.75, 3.05) is 19.0 Å².